The molecule has 0 aliphatic heterocycles. The number of nitrogens with two attached hydrogens (primary N) is 1. The van der Waals surface area contributed by atoms with E-state index in [1.165, 1.54) is 0 Å². The third kappa shape index (κ3) is 4.26. The Bertz CT molecular complexity index is 230. The molecule has 1 unspecified atom stereocenters. The maximum absolute atomic E-state index is 9.18. The molecule has 1 aromatic heterocycles. The van der Waals surface area contributed by atoms with Crippen molar-refractivity contribution < 1.29 is 5.11 Å². The SMILES string of the molecule is NCC(O)CCSc1ccccn1. The van der Waals surface area contributed by atoms with Crippen LogP contribution in [-0.4, -0.2) is 28.5 Å². The zero-order valence-electron chi connectivity index (χ0n) is 7.39. The molecule has 1 aromatic rings. The fourth-order valence-electron chi connectivity index (χ4n) is 0.850. The Labute approximate surface area is 82.4 Å². The molecule has 0 aromatic carbocycles. The number of hydrogen-bond acceptors (Lipinski definition) is 4. The first kappa shape index (κ1) is 10.5. The van der Waals surface area contributed by atoms with E-state index in [9.17, 15) is 5.11 Å². The Morgan fingerprint density at radius 1 is 1.54 bits per heavy atom. The van der Waals surface area contributed by atoms with E-state index >= 15 is 0 Å². The van der Waals surface area contributed by atoms with E-state index in [2.05, 4.69) is 4.98 Å². The Morgan fingerprint density at radius 3 is 3.00 bits per heavy atom. The second-order valence-electron chi connectivity index (χ2n) is 2.69. The van der Waals surface area contributed by atoms with E-state index in [0.29, 0.717) is 6.54 Å². The number of hydrogen-bond donors (Lipinski definition) is 2. The minimum Gasteiger partial charge on any atom is -0.392 e. The zero-order valence-corrected chi connectivity index (χ0v) is 8.20. The number of pyridine rings is 1. The van der Waals surface area contributed by atoms with E-state index in [1.807, 2.05) is 18.2 Å². The summed E-state index contributed by atoms with van der Waals surface area (Å²) in [5, 5.41) is 10.2. The van der Waals surface area contributed by atoms with Gasteiger partial charge in [-0.25, -0.2) is 4.98 Å². The number of thioether (sulfide) groups is 1. The van der Waals surface area contributed by atoms with Crippen LogP contribution in [0.25, 0.3) is 0 Å². The molecule has 0 bridgehead atoms. The van der Waals surface area contributed by atoms with E-state index in [0.717, 1.165) is 17.2 Å². The van der Waals surface area contributed by atoms with Gasteiger partial charge < -0.3 is 10.8 Å². The largest absolute Gasteiger partial charge is 0.392 e. The predicted octanol–water partition coefficient (Wildman–Crippen LogP) is 0.883. The van der Waals surface area contributed by atoms with Crippen LogP contribution < -0.4 is 5.73 Å². The summed E-state index contributed by atoms with van der Waals surface area (Å²) in [5.74, 6) is 0.857. The normalized spacial score (nSPS) is 12.8. The smallest absolute Gasteiger partial charge is 0.0959 e. The van der Waals surface area contributed by atoms with Crippen molar-refractivity contribution in [1.29, 1.82) is 0 Å². The average molecular weight is 198 g/mol. The summed E-state index contributed by atoms with van der Waals surface area (Å²) in [7, 11) is 0. The number of aliphatic hydroxyl groups is 1. The van der Waals surface area contributed by atoms with E-state index in [-0.39, 0.29) is 6.10 Å². The highest BCUT2D eigenvalue weighted by molar-refractivity contribution is 7.99. The van der Waals surface area contributed by atoms with Crippen molar-refractivity contribution in [3.05, 3.63) is 24.4 Å². The minimum absolute atomic E-state index is 0.336. The number of aromatic nitrogens is 1. The number of nitrogens with zero attached hydrogens (tertiary/aromatic N) is 1. The van der Waals surface area contributed by atoms with Crippen molar-refractivity contribution in [1.82, 2.24) is 4.98 Å². The minimum atomic E-state index is -0.379. The van der Waals surface area contributed by atoms with Crippen molar-refractivity contribution in [3.63, 3.8) is 0 Å². The van der Waals surface area contributed by atoms with Crippen LogP contribution in [0.3, 0.4) is 0 Å². The Morgan fingerprint density at radius 2 is 2.38 bits per heavy atom. The number of rotatable bonds is 5. The van der Waals surface area contributed by atoms with Gasteiger partial charge in [0.1, 0.15) is 0 Å². The van der Waals surface area contributed by atoms with Gasteiger partial charge in [-0.15, -0.1) is 11.8 Å². The molecule has 1 heterocycles. The van der Waals surface area contributed by atoms with Crippen molar-refractivity contribution in [2.75, 3.05) is 12.3 Å². The van der Waals surface area contributed by atoms with Gasteiger partial charge in [-0.2, -0.15) is 0 Å². The molecule has 1 atom stereocenters. The van der Waals surface area contributed by atoms with Crippen LogP contribution in [0, 0.1) is 0 Å². The molecule has 0 saturated carbocycles. The first-order valence-corrected chi connectivity index (χ1v) is 5.23. The van der Waals surface area contributed by atoms with Gasteiger partial charge in [0, 0.05) is 18.5 Å². The highest BCUT2D eigenvalue weighted by Gasteiger charge is 2.01. The summed E-state index contributed by atoms with van der Waals surface area (Å²) < 4.78 is 0. The van der Waals surface area contributed by atoms with Crippen LogP contribution in [0.2, 0.25) is 0 Å². The van der Waals surface area contributed by atoms with Gasteiger partial charge in [-0.1, -0.05) is 6.07 Å². The molecule has 13 heavy (non-hydrogen) atoms. The molecule has 3 nitrogen and oxygen atoms in total. The second kappa shape index (κ2) is 5.96. The van der Waals surface area contributed by atoms with Gasteiger partial charge in [0.2, 0.25) is 0 Å². The first-order valence-electron chi connectivity index (χ1n) is 4.25. The topological polar surface area (TPSA) is 59.1 Å². The Hall–Kier alpha value is -0.580. The summed E-state index contributed by atoms with van der Waals surface area (Å²) in [4.78, 5) is 4.15. The van der Waals surface area contributed by atoms with E-state index in [4.69, 9.17) is 5.73 Å². The lowest BCUT2D eigenvalue weighted by Gasteiger charge is -2.05. The standard InChI is InChI=1S/C9H14N2OS/c10-7-8(12)4-6-13-9-3-1-2-5-11-9/h1-3,5,8,12H,4,6-7,10H2. The van der Waals surface area contributed by atoms with Crippen molar-refractivity contribution in [3.8, 4) is 0 Å². The van der Waals surface area contributed by atoms with Gasteiger partial charge in [0.15, 0.2) is 0 Å². The monoisotopic (exact) mass is 198 g/mol. The molecular weight excluding hydrogens is 184 g/mol. The van der Waals surface area contributed by atoms with Crippen LogP contribution in [0.5, 0.6) is 0 Å². The quantitative estimate of drug-likeness (QED) is 0.690. The summed E-state index contributed by atoms with van der Waals surface area (Å²) in [6, 6.07) is 5.80. The molecule has 0 spiro atoms. The fourth-order valence-corrected chi connectivity index (χ4v) is 1.76. The van der Waals surface area contributed by atoms with Gasteiger partial charge in [0.05, 0.1) is 11.1 Å². The van der Waals surface area contributed by atoms with Gasteiger partial charge in [-0.05, 0) is 18.6 Å². The summed E-state index contributed by atoms with van der Waals surface area (Å²) in [6.07, 6.45) is 2.11. The van der Waals surface area contributed by atoms with Gasteiger partial charge in [0.25, 0.3) is 0 Å². The molecule has 0 radical (unpaired) electrons. The lowest BCUT2D eigenvalue weighted by Crippen LogP contribution is -2.20. The summed E-state index contributed by atoms with van der Waals surface area (Å²) in [5.41, 5.74) is 5.28. The molecule has 72 valence electrons. The number of aliphatic hydroxyl groups excluding tert-OH is 1. The van der Waals surface area contributed by atoms with Crippen LogP contribution in [0.1, 0.15) is 6.42 Å². The Balaban J connectivity index is 2.20. The Kier molecular flexibility index (Phi) is 4.82. The summed E-state index contributed by atoms with van der Waals surface area (Å²) in [6.45, 7) is 0.336. The van der Waals surface area contributed by atoms with Crippen LogP contribution in [0.4, 0.5) is 0 Å². The van der Waals surface area contributed by atoms with Gasteiger partial charge >= 0.3 is 0 Å². The molecule has 0 aliphatic rings. The third-order valence-corrected chi connectivity index (χ3v) is 2.59. The highest BCUT2D eigenvalue weighted by Crippen LogP contribution is 2.15. The molecule has 1 rings (SSSR count). The summed E-state index contributed by atoms with van der Waals surface area (Å²) >= 11 is 1.64. The predicted molar refractivity (Wildman–Crippen MR) is 54.6 cm³/mol. The van der Waals surface area contributed by atoms with Crippen LogP contribution in [0.15, 0.2) is 29.4 Å². The molecule has 3 N–H and O–H groups in total. The van der Waals surface area contributed by atoms with Crippen LogP contribution >= 0.6 is 11.8 Å². The molecule has 0 aliphatic carbocycles. The molecule has 0 amide bonds. The molecular formula is C9H14N2OS. The van der Waals surface area contributed by atoms with E-state index < -0.39 is 0 Å². The molecule has 4 heteroatoms. The van der Waals surface area contributed by atoms with Crippen molar-refractivity contribution in [2.24, 2.45) is 5.73 Å². The third-order valence-electron chi connectivity index (χ3n) is 1.61. The lowest BCUT2D eigenvalue weighted by atomic mass is 10.3. The van der Waals surface area contributed by atoms with Gasteiger partial charge in [-0.3, -0.25) is 0 Å². The zero-order chi connectivity index (χ0) is 9.52. The maximum Gasteiger partial charge on any atom is 0.0959 e. The average Bonchev–Trinajstić information content (AvgIpc) is 2.19. The molecule has 0 saturated heterocycles. The van der Waals surface area contributed by atoms with Crippen LogP contribution in [-0.2, 0) is 0 Å². The highest BCUT2D eigenvalue weighted by atomic mass is 32.2. The molecule has 0 fully saturated rings. The van der Waals surface area contributed by atoms with E-state index in [1.54, 1.807) is 18.0 Å². The maximum atomic E-state index is 9.18. The second-order valence-corrected chi connectivity index (χ2v) is 3.81. The van der Waals surface area contributed by atoms with Crippen molar-refractivity contribution >= 4 is 11.8 Å². The first-order chi connectivity index (χ1) is 6.33. The fraction of sp³-hybridized carbons (Fsp3) is 0.444. The lowest BCUT2D eigenvalue weighted by molar-refractivity contribution is 0.180. The van der Waals surface area contributed by atoms with Crippen molar-refractivity contribution in [2.45, 2.75) is 17.6 Å².